The number of methoxy groups -OCH3 is 2. The van der Waals surface area contributed by atoms with Crippen molar-refractivity contribution in [2.45, 2.75) is 6.54 Å². The van der Waals surface area contributed by atoms with Gasteiger partial charge in [0.05, 0.1) is 20.8 Å². The first kappa shape index (κ1) is 12.4. The maximum atomic E-state index is 9.00. The predicted molar refractivity (Wildman–Crippen MR) is 67.9 cm³/mol. The van der Waals surface area contributed by atoms with Gasteiger partial charge in [0.25, 0.3) is 0 Å². The van der Waals surface area contributed by atoms with E-state index in [-0.39, 0.29) is 6.61 Å². The third-order valence-corrected chi connectivity index (χ3v) is 2.70. The van der Waals surface area contributed by atoms with Gasteiger partial charge < -0.3 is 19.1 Å². The molecule has 96 valence electrons. The van der Waals surface area contributed by atoms with Gasteiger partial charge in [-0.05, 0) is 18.2 Å². The topological polar surface area (TPSA) is 56.5 Å². The fourth-order valence-corrected chi connectivity index (χ4v) is 1.83. The summed E-state index contributed by atoms with van der Waals surface area (Å²) in [4.78, 5) is 4.29. The van der Waals surface area contributed by atoms with Crippen molar-refractivity contribution in [3.63, 3.8) is 0 Å². The summed E-state index contributed by atoms with van der Waals surface area (Å²) in [5.74, 6) is 2.14. The zero-order valence-electron chi connectivity index (χ0n) is 10.5. The van der Waals surface area contributed by atoms with Crippen LogP contribution in [0, 0.1) is 0 Å². The maximum absolute atomic E-state index is 9.00. The molecule has 0 aliphatic heterocycles. The lowest BCUT2D eigenvalue weighted by molar-refractivity contribution is 0.276. The van der Waals surface area contributed by atoms with Crippen molar-refractivity contribution in [3.8, 4) is 22.9 Å². The molecule has 1 aromatic carbocycles. The normalized spacial score (nSPS) is 10.4. The van der Waals surface area contributed by atoms with Crippen LogP contribution in [-0.2, 0) is 6.54 Å². The molecule has 5 heteroatoms. The summed E-state index contributed by atoms with van der Waals surface area (Å²) in [5.41, 5.74) is 0.922. The summed E-state index contributed by atoms with van der Waals surface area (Å²) in [7, 11) is 3.20. The molecule has 2 aromatic rings. The number of hydrogen-bond donors (Lipinski definition) is 1. The molecule has 0 atom stereocenters. The Hall–Kier alpha value is -2.01. The van der Waals surface area contributed by atoms with Gasteiger partial charge in [-0.1, -0.05) is 0 Å². The molecular formula is C13H16N2O3. The van der Waals surface area contributed by atoms with Crippen molar-refractivity contribution in [3.05, 3.63) is 30.6 Å². The lowest BCUT2D eigenvalue weighted by atomic mass is 10.2. The van der Waals surface area contributed by atoms with Crippen LogP contribution in [-0.4, -0.2) is 35.5 Å². The molecule has 0 saturated carbocycles. The highest BCUT2D eigenvalue weighted by Crippen LogP contribution is 2.31. The Labute approximate surface area is 106 Å². The number of ether oxygens (including phenoxy) is 2. The minimum atomic E-state index is 0.0800. The van der Waals surface area contributed by atoms with E-state index < -0.39 is 0 Å². The molecule has 0 aliphatic carbocycles. The van der Waals surface area contributed by atoms with E-state index in [0.717, 1.165) is 11.4 Å². The van der Waals surface area contributed by atoms with E-state index in [1.807, 2.05) is 29.0 Å². The van der Waals surface area contributed by atoms with Gasteiger partial charge in [0.1, 0.15) is 5.82 Å². The molecular weight excluding hydrogens is 232 g/mol. The minimum absolute atomic E-state index is 0.0800. The number of aliphatic hydroxyl groups is 1. The molecule has 0 fully saturated rings. The second-order valence-corrected chi connectivity index (χ2v) is 3.74. The molecule has 18 heavy (non-hydrogen) atoms. The lowest BCUT2D eigenvalue weighted by Gasteiger charge is -2.10. The van der Waals surface area contributed by atoms with E-state index in [9.17, 15) is 0 Å². The van der Waals surface area contributed by atoms with Gasteiger partial charge in [-0.15, -0.1) is 0 Å². The van der Waals surface area contributed by atoms with Gasteiger partial charge in [-0.25, -0.2) is 4.98 Å². The first-order valence-electron chi connectivity index (χ1n) is 5.64. The van der Waals surface area contributed by atoms with E-state index in [0.29, 0.717) is 18.0 Å². The van der Waals surface area contributed by atoms with Crippen LogP contribution in [0.15, 0.2) is 30.6 Å². The standard InChI is InChI=1S/C13H16N2O3/c1-17-11-4-3-10(9-12(11)18-2)13-14-5-6-15(13)7-8-16/h3-6,9,16H,7-8H2,1-2H3. The number of benzene rings is 1. The van der Waals surface area contributed by atoms with Crippen molar-refractivity contribution in [2.24, 2.45) is 0 Å². The minimum Gasteiger partial charge on any atom is -0.493 e. The van der Waals surface area contributed by atoms with Gasteiger partial charge >= 0.3 is 0 Å². The maximum Gasteiger partial charge on any atom is 0.161 e. The predicted octanol–water partition coefficient (Wildman–Crippen LogP) is 1.56. The highest BCUT2D eigenvalue weighted by Gasteiger charge is 2.10. The Morgan fingerprint density at radius 1 is 1.22 bits per heavy atom. The molecule has 0 bridgehead atoms. The van der Waals surface area contributed by atoms with Crippen molar-refractivity contribution in [1.82, 2.24) is 9.55 Å². The van der Waals surface area contributed by atoms with Crippen LogP contribution in [0.25, 0.3) is 11.4 Å². The SMILES string of the molecule is COc1ccc(-c2nccn2CCO)cc1OC. The number of hydrogen-bond acceptors (Lipinski definition) is 4. The van der Waals surface area contributed by atoms with Crippen LogP contribution in [0.1, 0.15) is 0 Å². The fourth-order valence-electron chi connectivity index (χ4n) is 1.83. The fraction of sp³-hybridized carbons (Fsp3) is 0.308. The summed E-state index contributed by atoms with van der Waals surface area (Å²) in [6.45, 7) is 0.598. The molecule has 0 spiro atoms. The van der Waals surface area contributed by atoms with Crippen LogP contribution in [0.4, 0.5) is 0 Å². The van der Waals surface area contributed by atoms with E-state index in [1.54, 1.807) is 20.4 Å². The van der Waals surface area contributed by atoms with Crippen molar-refractivity contribution < 1.29 is 14.6 Å². The number of imidazole rings is 1. The highest BCUT2D eigenvalue weighted by atomic mass is 16.5. The first-order valence-corrected chi connectivity index (χ1v) is 5.64. The van der Waals surface area contributed by atoms with Crippen LogP contribution in [0.2, 0.25) is 0 Å². The quantitative estimate of drug-likeness (QED) is 0.872. The molecule has 0 radical (unpaired) electrons. The number of aromatic nitrogens is 2. The molecule has 1 aromatic heterocycles. The van der Waals surface area contributed by atoms with E-state index in [4.69, 9.17) is 14.6 Å². The summed E-state index contributed by atoms with van der Waals surface area (Å²) in [5, 5.41) is 9.00. The summed E-state index contributed by atoms with van der Waals surface area (Å²) in [6.07, 6.45) is 3.55. The summed E-state index contributed by atoms with van der Waals surface area (Å²) >= 11 is 0. The lowest BCUT2D eigenvalue weighted by Crippen LogP contribution is -2.03. The molecule has 2 rings (SSSR count). The largest absolute Gasteiger partial charge is 0.493 e. The summed E-state index contributed by atoms with van der Waals surface area (Å²) in [6, 6.07) is 5.62. The smallest absolute Gasteiger partial charge is 0.161 e. The van der Waals surface area contributed by atoms with Gasteiger partial charge in [0.2, 0.25) is 0 Å². The Kier molecular flexibility index (Phi) is 3.84. The van der Waals surface area contributed by atoms with Gasteiger partial charge in [-0.2, -0.15) is 0 Å². The third kappa shape index (κ3) is 2.31. The van der Waals surface area contributed by atoms with Crippen LogP contribution in [0.5, 0.6) is 11.5 Å². The second kappa shape index (κ2) is 5.55. The number of rotatable bonds is 5. The molecule has 0 amide bonds. The molecule has 5 nitrogen and oxygen atoms in total. The van der Waals surface area contributed by atoms with Crippen LogP contribution < -0.4 is 9.47 Å². The number of nitrogens with zero attached hydrogens (tertiary/aromatic N) is 2. The highest BCUT2D eigenvalue weighted by molar-refractivity contribution is 5.61. The van der Waals surface area contributed by atoms with Gasteiger partial charge in [-0.3, -0.25) is 0 Å². The molecule has 1 N–H and O–H groups in total. The van der Waals surface area contributed by atoms with Crippen LogP contribution >= 0.6 is 0 Å². The van der Waals surface area contributed by atoms with Crippen molar-refractivity contribution >= 4 is 0 Å². The monoisotopic (exact) mass is 248 g/mol. The van der Waals surface area contributed by atoms with Gasteiger partial charge in [0, 0.05) is 24.5 Å². The average molecular weight is 248 g/mol. The van der Waals surface area contributed by atoms with E-state index in [2.05, 4.69) is 4.98 Å². The second-order valence-electron chi connectivity index (χ2n) is 3.74. The zero-order chi connectivity index (χ0) is 13.0. The molecule has 0 unspecified atom stereocenters. The van der Waals surface area contributed by atoms with Crippen molar-refractivity contribution in [1.29, 1.82) is 0 Å². The Morgan fingerprint density at radius 3 is 2.67 bits per heavy atom. The third-order valence-electron chi connectivity index (χ3n) is 2.70. The van der Waals surface area contributed by atoms with E-state index >= 15 is 0 Å². The molecule has 0 aliphatic rings. The Bertz CT molecular complexity index is 523. The number of aliphatic hydroxyl groups excluding tert-OH is 1. The molecule has 0 saturated heterocycles. The van der Waals surface area contributed by atoms with E-state index in [1.165, 1.54) is 0 Å². The molecule has 1 heterocycles. The van der Waals surface area contributed by atoms with Gasteiger partial charge in [0.15, 0.2) is 11.5 Å². The Morgan fingerprint density at radius 2 is 2.00 bits per heavy atom. The average Bonchev–Trinajstić information content (AvgIpc) is 2.86. The first-order chi connectivity index (χ1) is 8.80. The van der Waals surface area contributed by atoms with Crippen molar-refractivity contribution in [2.75, 3.05) is 20.8 Å². The Balaban J connectivity index is 2.41. The summed E-state index contributed by atoms with van der Waals surface area (Å²) < 4.78 is 12.3. The zero-order valence-corrected chi connectivity index (χ0v) is 10.5. The van der Waals surface area contributed by atoms with Crippen LogP contribution in [0.3, 0.4) is 0 Å².